The van der Waals surface area contributed by atoms with E-state index in [0.29, 0.717) is 12.5 Å². The minimum Gasteiger partial charge on any atom is -0.492 e. The molecule has 0 bridgehead atoms. The quantitative estimate of drug-likeness (QED) is 0.727. The number of nitrogens with one attached hydrogen (secondary N) is 1. The molecule has 0 aliphatic rings. The Kier molecular flexibility index (Phi) is 6.85. The third-order valence-electron chi connectivity index (χ3n) is 2.86. The van der Waals surface area contributed by atoms with Crippen LogP contribution in [0.25, 0.3) is 0 Å². The van der Waals surface area contributed by atoms with Crippen LogP contribution in [0.4, 0.5) is 13.2 Å². The molecule has 0 atom stereocenters. The molecule has 5 heteroatoms. The summed E-state index contributed by atoms with van der Waals surface area (Å²) in [6.45, 7) is 5.97. The van der Waals surface area contributed by atoms with E-state index in [1.54, 1.807) is 6.07 Å². The second-order valence-electron chi connectivity index (χ2n) is 5.13. The van der Waals surface area contributed by atoms with E-state index >= 15 is 0 Å². The molecule has 20 heavy (non-hydrogen) atoms. The van der Waals surface area contributed by atoms with Crippen molar-refractivity contribution in [2.24, 2.45) is 5.92 Å². The van der Waals surface area contributed by atoms with Gasteiger partial charge in [0.2, 0.25) is 0 Å². The normalized spacial score (nSPS) is 11.9. The van der Waals surface area contributed by atoms with Crippen molar-refractivity contribution < 1.29 is 17.9 Å². The average molecular weight is 289 g/mol. The Hall–Kier alpha value is -1.23. The third-order valence-corrected chi connectivity index (χ3v) is 2.86. The molecule has 1 rings (SSSR count). The van der Waals surface area contributed by atoms with Gasteiger partial charge in [-0.05, 0) is 37.4 Å². The molecule has 1 N–H and O–H groups in total. The number of halogens is 3. The van der Waals surface area contributed by atoms with Crippen molar-refractivity contribution in [1.82, 2.24) is 5.32 Å². The fraction of sp³-hybridized carbons (Fsp3) is 0.600. The predicted molar refractivity (Wildman–Crippen MR) is 73.9 cm³/mol. The average Bonchev–Trinajstić information content (AvgIpc) is 2.36. The fourth-order valence-corrected chi connectivity index (χ4v) is 1.82. The summed E-state index contributed by atoms with van der Waals surface area (Å²) in [4.78, 5) is 0. The molecule has 0 saturated heterocycles. The molecule has 1 aromatic rings. The first-order chi connectivity index (χ1) is 9.41. The van der Waals surface area contributed by atoms with Crippen molar-refractivity contribution in [2.75, 3.05) is 19.7 Å². The molecule has 0 saturated carbocycles. The van der Waals surface area contributed by atoms with Crippen LogP contribution in [0.5, 0.6) is 5.75 Å². The van der Waals surface area contributed by atoms with Gasteiger partial charge in [0.1, 0.15) is 12.4 Å². The minimum absolute atomic E-state index is 0.107. The molecule has 0 heterocycles. The molecule has 0 fully saturated rings. The number of para-hydroxylation sites is 1. The van der Waals surface area contributed by atoms with Crippen LogP contribution in [-0.2, 0) is 6.18 Å². The zero-order valence-electron chi connectivity index (χ0n) is 12.0. The number of alkyl halides is 3. The van der Waals surface area contributed by atoms with Crippen LogP contribution in [0.15, 0.2) is 24.3 Å². The first kappa shape index (κ1) is 16.8. The summed E-state index contributed by atoms with van der Waals surface area (Å²) in [6, 6.07) is 5.29. The zero-order valence-corrected chi connectivity index (χ0v) is 12.0. The summed E-state index contributed by atoms with van der Waals surface area (Å²) in [6.07, 6.45) is -2.16. The molecule has 0 spiro atoms. The van der Waals surface area contributed by atoms with Crippen LogP contribution in [0.1, 0.15) is 32.3 Å². The Balaban J connectivity index is 2.29. The van der Waals surface area contributed by atoms with E-state index in [2.05, 4.69) is 19.2 Å². The van der Waals surface area contributed by atoms with Gasteiger partial charge in [-0.1, -0.05) is 26.0 Å². The number of ether oxygens (including phenoxy) is 1. The van der Waals surface area contributed by atoms with E-state index in [9.17, 15) is 13.2 Å². The fourth-order valence-electron chi connectivity index (χ4n) is 1.82. The van der Waals surface area contributed by atoms with Gasteiger partial charge in [0.15, 0.2) is 0 Å². The maximum Gasteiger partial charge on any atom is 0.419 e. The van der Waals surface area contributed by atoms with E-state index in [1.165, 1.54) is 12.1 Å². The van der Waals surface area contributed by atoms with Crippen LogP contribution in [0.2, 0.25) is 0 Å². The maximum atomic E-state index is 12.7. The summed E-state index contributed by atoms with van der Waals surface area (Å²) in [7, 11) is 0. The number of rotatable bonds is 8. The van der Waals surface area contributed by atoms with Crippen LogP contribution < -0.4 is 10.1 Å². The van der Waals surface area contributed by atoms with Crippen molar-refractivity contribution in [3.8, 4) is 5.75 Å². The summed E-state index contributed by atoms with van der Waals surface area (Å²) in [5, 5.41) is 3.16. The summed E-state index contributed by atoms with van der Waals surface area (Å²) < 4.78 is 43.3. The molecule has 114 valence electrons. The second-order valence-corrected chi connectivity index (χ2v) is 5.13. The van der Waals surface area contributed by atoms with Gasteiger partial charge in [-0.25, -0.2) is 0 Å². The Morgan fingerprint density at radius 2 is 1.85 bits per heavy atom. The topological polar surface area (TPSA) is 21.3 Å². The summed E-state index contributed by atoms with van der Waals surface area (Å²) in [5.74, 6) is 0.565. The monoisotopic (exact) mass is 289 g/mol. The van der Waals surface area contributed by atoms with Crippen molar-refractivity contribution in [1.29, 1.82) is 0 Å². The van der Waals surface area contributed by atoms with Gasteiger partial charge in [0, 0.05) is 6.54 Å². The van der Waals surface area contributed by atoms with E-state index in [1.807, 2.05) is 0 Å². The van der Waals surface area contributed by atoms with Gasteiger partial charge in [-0.15, -0.1) is 0 Å². The van der Waals surface area contributed by atoms with Gasteiger partial charge in [-0.3, -0.25) is 0 Å². The number of hydrogen-bond acceptors (Lipinski definition) is 2. The lowest BCUT2D eigenvalue weighted by molar-refractivity contribution is -0.138. The van der Waals surface area contributed by atoms with Gasteiger partial charge in [-0.2, -0.15) is 13.2 Å². The van der Waals surface area contributed by atoms with E-state index in [-0.39, 0.29) is 12.4 Å². The van der Waals surface area contributed by atoms with Crippen LogP contribution >= 0.6 is 0 Å². The largest absolute Gasteiger partial charge is 0.492 e. The van der Waals surface area contributed by atoms with Gasteiger partial charge < -0.3 is 10.1 Å². The lowest BCUT2D eigenvalue weighted by Gasteiger charge is -2.14. The summed E-state index contributed by atoms with van der Waals surface area (Å²) >= 11 is 0. The molecular formula is C15H22F3NO. The molecule has 0 amide bonds. The molecule has 1 aromatic carbocycles. The number of benzene rings is 1. The number of hydrogen-bond donors (Lipinski definition) is 1. The van der Waals surface area contributed by atoms with Crippen molar-refractivity contribution in [3.63, 3.8) is 0 Å². The summed E-state index contributed by atoms with van der Waals surface area (Å²) in [5.41, 5.74) is -0.722. The molecule has 0 radical (unpaired) electrons. The predicted octanol–water partition coefficient (Wildman–Crippen LogP) is 4.11. The zero-order chi connectivity index (χ0) is 15.0. The molecule has 0 unspecified atom stereocenters. The highest BCUT2D eigenvalue weighted by Crippen LogP contribution is 2.35. The SMILES string of the molecule is CC(C)CCCNCCOc1ccccc1C(F)(F)F. The lowest BCUT2D eigenvalue weighted by Crippen LogP contribution is -2.23. The molecular weight excluding hydrogens is 267 g/mol. The molecule has 2 nitrogen and oxygen atoms in total. The van der Waals surface area contributed by atoms with E-state index < -0.39 is 11.7 Å². The van der Waals surface area contributed by atoms with E-state index in [4.69, 9.17) is 4.74 Å². The second kappa shape index (κ2) is 8.15. The Bertz CT molecular complexity index is 391. The van der Waals surface area contributed by atoms with Crippen molar-refractivity contribution >= 4 is 0 Å². The minimum atomic E-state index is -4.37. The van der Waals surface area contributed by atoms with Crippen molar-refractivity contribution in [2.45, 2.75) is 32.9 Å². The Morgan fingerprint density at radius 3 is 2.50 bits per heavy atom. The molecule has 0 aliphatic carbocycles. The highest BCUT2D eigenvalue weighted by molar-refractivity contribution is 5.35. The first-order valence-electron chi connectivity index (χ1n) is 6.91. The highest BCUT2D eigenvalue weighted by atomic mass is 19.4. The van der Waals surface area contributed by atoms with Crippen molar-refractivity contribution in [3.05, 3.63) is 29.8 Å². The van der Waals surface area contributed by atoms with Gasteiger partial charge in [0.25, 0.3) is 0 Å². The molecule has 0 aliphatic heterocycles. The third kappa shape index (κ3) is 6.28. The molecule has 0 aromatic heterocycles. The smallest absolute Gasteiger partial charge is 0.419 e. The maximum absolute atomic E-state index is 12.7. The van der Waals surface area contributed by atoms with Crippen LogP contribution in [0, 0.1) is 5.92 Å². The Morgan fingerprint density at radius 1 is 1.15 bits per heavy atom. The standard InChI is InChI=1S/C15H22F3NO/c1-12(2)6-5-9-19-10-11-20-14-8-4-3-7-13(14)15(16,17)18/h3-4,7-8,12,19H,5-6,9-11H2,1-2H3. The van der Waals surface area contributed by atoms with Crippen LogP contribution in [-0.4, -0.2) is 19.7 Å². The van der Waals surface area contributed by atoms with Gasteiger partial charge >= 0.3 is 6.18 Å². The first-order valence-corrected chi connectivity index (χ1v) is 6.91. The van der Waals surface area contributed by atoms with E-state index in [0.717, 1.165) is 25.5 Å². The van der Waals surface area contributed by atoms with Crippen LogP contribution in [0.3, 0.4) is 0 Å². The highest BCUT2D eigenvalue weighted by Gasteiger charge is 2.33. The van der Waals surface area contributed by atoms with Gasteiger partial charge in [0.05, 0.1) is 5.56 Å². The lowest BCUT2D eigenvalue weighted by atomic mass is 10.1. The Labute approximate surface area is 118 Å².